The van der Waals surface area contributed by atoms with Crippen molar-refractivity contribution in [2.75, 3.05) is 0 Å². The molecule has 1 aliphatic rings. The molecule has 0 spiro atoms. The van der Waals surface area contributed by atoms with Gasteiger partial charge in [-0.1, -0.05) is 36.2 Å². The van der Waals surface area contributed by atoms with Crippen LogP contribution in [-0.4, -0.2) is 12.2 Å². The van der Waals surface area contributed by atoms with E-state index in [2.05, 4.69) is 6.07 Å². The molecule has 2 rings (SSSR count). The van der Waals surface area contributed by atoms with Crippen LogP contribution in [0.1, 0.15) is 36.8 Å². The maximum Gasteiger partial charge on any atom is 0.391 e. The zero-order valence-corrected chi connectivity index (χ0v) is 11.8. The third-order valence-electron chi connectivity index (χ3n) is 4.34. The first-order valence-electron chi connectivity index (χ1n) is 7.24. The number of nitrogens with two attached hydrogens (primary N) is 1. The molecule has 0 bridgehead atoms. The molecule has 4 heteroatoms. The highest BCUT2D eigenvalue weighted by molar-refractivity contribution is 5.23. The van der Waals surface area contributed by atoms with E-state index >= 15 is 0 Å². The van der Waals surface area contributed by atoms with E-state index in [1.165, 1.54) is 0 Å². The molecule has 1 fully saturated rings. The summed E-state index contributed by atoms with van der Waals surface area (Å²) in [4.78, 5) is 0. The normalized spacial score (nSPS) is 25.4. The van der Waals surface area contributed by atoms with Crippen LogP contribution in [0.15, 0.2) is 24.3 Å². The molecule has 0 radical (unpaired) electrons. The molecule has 0 saturated heterocycles. The number of aryl methyl sites for hydroxylation is 1. The fourth-order valence-electron chi connectivity index (χ4n) is 3.19. The highest BCUT2D eigenvalue weighted by Gasteiger charge is 2.43. The third kappa shape index (κ3) is 3.98. The molecule has 0 aliphatic heterocycles. The largest absolute Gasteiger partial charge is 0.391 e. The van der Waals surface area contributed by atoms with Gasteiger partial charge in [0, 0.05) is 6.04 Å². The molecule has 2 N–H and O–H groups in total. The van der Waals surface area contributed by atoms with Crippen LogP contribution >= 0.6 is 0 Å². The van der Waals surface area contributed by atoms with Crippen molar-refractivity contribution in [3.8, 4) is 0 Å². The maximum absolute atomic E-state index is 12.8. The van der Waals surface area contributed by atoms with Crippen molar-refractivity contribution in [3.05, 3.63) is 35.4 Å². The summed E-state index contributed by atoms with van der Waals surface area (Å²) in [6.45, 7) is 2.01. The Morgan fingerprint density at radius 2 is 2.05 bits per heavy atom. The van der Waals surface area contributed by atoms with Gasteiger partial charge < -0.3 is 5.73 Å². The summed E-state index contributed by atoms with van der Waals surface area (Å²) < 4.78 is 38.5. The molecule has 1 nitrogen and oxygen atoms in total. The van der Waals surface area contributed by atoms with Crippen LogP contribution in [0.3, 0.4) is 0 Å². The Morgan fingerprint density at radius 1 is 1.30 bits per heavy atom. The Bertz CT molecular complexity index is 442. The predicted molar refractivity (Wildman–Crippen MR) is 74.4 cm³/mol. The number of hydrogen-bond acceptors (Lipinski definition) is 1. The first kappa shape index (κ1) is 15.4. The van der Waals surface area contributed by atoms with Crippen LogP contribution in [0, 0.1) is 18.8 Å². The summed E-state index contributed by atoms with van der Waals surface area (Å²) in [5.74, 6) is -1.18. The first-order valence-corrected chi connectivity index (χ1v) is 7.24. The van der Waals surface area contributed by atoms with Crippen LogP contribution in [0.2, 0.25) is 0 Å². The Hall–Kier alpha value is -1.03. The van der Waals surface area contributed by atoms with Gasteiger partial charge in [-0.25, -0.2) is 0 Å². The lowest BCUT2D eigenvalue weighted by Crippen LogP contribution is -2.38. The molecule has 3 unspecified atom stereocenters. The minimum Gasteiger partial charge on any atom is -0.327 e. The number of benzene rings is 1. The first-order chi connectivity index (χ1) is 9.36. The van der Waals surface area contributed by atoms with E-state index < -0.39 is 12.1 Å². The van der Waals surface area contributed by atoms with Crippen LogP contribution in [0.25, 0.3) is 0 Å². The molecule has 0 amide bonds. The van der Waals surface area contributed by atoms with Crippen molar-refractivity contribution in [2.45, 2.75) is 51.2 Å². The summed E-state index contributed by atoms with van der Waals surface area (Å²) in [6, 6.07) is 7.86. The maximum atomic E-state index is 12.8. The second-order valence-electron chi connectivity index (χ2n) is 6.02. The molecule has 3 atom stereocenters. The number of rotatable bonds is 3. The van der Waals surface area contributed by atoms with Crippen LogP contribution in [0.4, 0.5) is 13.2 Å². The van der Waals surface area contributed by atoms with Crippen molar-refractivity contribution >= 4 is 0 Å². The van der Waals surface area contributed by atoms with E-state index in [1.807, 2.05) is 25.1 Å². The third-order valence-corrected chi connectivity index (χ3v) is 4.34. The van der Waals surface area contributed by atoms with Crippen molar-refractivity contribution < 1.29 is 13.2 Å². The van der Waals surface area contributed by atoms with Gasteiger partial charge in [-0.3, -0.25) is 0 Å². The van der Waals surface area contributed by atoms with Crippen LogP contribution in [0.5, 0.6) is 0 Å². The average Bonchev–Trinajstić information content (AvgIpc) is 2.38. The van der Waals surface area contributed by atoms with E-state index in [9.17, 15) is 13.2 Å². The van der Waals surface area contributed by atoms with Gasteiger partial charge in [-0.2, -0.15) is 13.2 Å². The smallest absolute Gasteiger partial charge is 0.327 e. The molecular formula is C16H22F3N. The fourth-order valence-corrected chi connectivity index (χ4v) is 3.19. The van der Waals surface area contributed by atoms with Gasteiger partial charge in [0.15, 0.2) is 0 Å². The van der Waals surface area contributed by atoms with Gasteiger partial charge >= 0.3 is 6.18 Å². The lowest BCUT2D eigenvalue weighted by molar-refractivity contribution is -0.186. The van der Waals surface area contributed by atoms with Gasteiger partial charge in [0.25, 0.3) is 0 Å². The summed E-state index contributed by atoms with van der Waals surface area (Å²) in [6.07, 6.45) is -1.50. The molecule has 1 saturated carbocycles. The molecular weight excluding hydrogens is 263 g/mol. The van der Waals surface area contributed by atoms with Gasteiger partial charge in [0.1, 0.15) is 0 Å². The fraction of sp³-hybridized carbons (Fsp3) is 0.625. The second-order valence-corrected chi connectivity index (χ2v) is 6.02. The van der Waals surface area contributed by atoms with Gasteiger partial charge in [-0.15, -0.1) is 0 Å². The molecule has 1 aromatic carbocycles. The minimum absolute atomic E-state index is 0.0177. The zero-order valence-electron chi connectivity index (χ0n) is 11.8. The van der Waals surface area contributed by atoms with Crippen molar-refractivity contribution in [2.24, 2.45) is 17.6 Å². The highest BCUT2D eigenvalue weighted by atomic mass is 19.4. The predicted octanol–water partition coefficient (Wildman–Crippen LogP) is 4.23. The molecule has 0 heterocycles. The van der Waals surface area contributed by atoms with E-state index in [0.29, 0.717) is 12.8 Å². The van der Waals surface area contributed by atoms with Crippen molar-refractivity contribution in [1.29, 1.82) is 0 Å². The quantitative estimate of drug-likeness (QED) is 0.883. The summed E-state index contributed by atoms with van der Waals surface area (Å²) >= 11 is 0. The van der Waals surface area contributed by atoms with E-state index in [0.717, 1.165) is 17.5 Å². The lowest BCUT2D eigenvalue weighted by Gasteiger charge is -2.33. The molecule has 20 heavy (non-hydrogen) atoms. The zero-order chi connectivity index (χ0) is 14.8. The highest BCUT2D eigenvalue weighted by Crippen LogP contribution is 2.40. The number of hydrogen-bond donors (Lipinski definition) is 1. The Balaban J connectivity index is 1.97. The van der Waals surface area contributed by atoms with Crippen LogP contribution in [-0.2, 0) is 6.42 Å². The van der Waals surface area contributed by atoms with Crippen LogP contribution < -0.4 is 5.73 Å². The SMILES string of the molecule is Cc1cccc(CC(N)C2CCCC(C(F)(F)F)C2)c1. The Morgan fingerprint density at radius 3 is 2.70 bits per heavy atom. The minimum atomic E-state index is -4.07. The standard InChI is InChI=1S/C16H22F3N/c1-11-4-2-5-12(8-11)9-15(20)13-6-3-7-14(10-13)16(17,18)19/h2,4-5,8,13-15H,3,6-7,9-10,20H2,1H3. The van der Waals surface area contributed by atoms with Crippen molar-refractivity contribution in [3.63, 3.8) is 0 Å². The second kappa shape index (κ2) is 6.17. The lowest BCUT2D eigenvalue weighted by atomic mass is 9.76. The average molecular weight is 285 g/mol. The number of halogens is 3. The van der Waals surface area contributed by atoms with Gasteiger partial charge in [-0.05, 0) is 44.1 Å². The Labute approximate surface area is 118 Å². The number of alkyl halides is 3. The van der Waals surface area contributed by atoms with E-state index in [-0.39, 0.29) is 24.8 Å². The summed E-state index contributed by atoms with van der Waals surface area (Å²) in [7, 11) is 0. The van der Waals surface area contributed by atoms with Gasteiger partial charge in [0.2, 0.25) is 0 Å². The Kier molecular flexibility index (Phi) is 4.74. The van der Waals surface area contributed by atoms with Crippen molar-refractivity contribution in [1.82, 2.24) is 0 Å². The molecule has 1 aliphatic carbocycles. The monoisotopic (exact) mass is 285 g/mol. The summed E-state index contributed by atoms with van der Waals surface area (Å²) in [5.41, 5.74) is 8.44. The van der Waals surface area contributed by atoms with E-state index in [4.69, 9.17) is 5.73 Å². The van der Waals surface area contributed by atoms with Gasteiger partial charge in [0.05, 0.1) is 5.92 Å². The van der Waals surface area contributed by atoms with E-state index in [1.54, 1.807) is 0 Å². The molecule has 1 aromatic rings. The molecule has 112 valence electrons. The summed E-state index contributed by atoms with van der Waals surface area (Å²) in [5, 5.41) is 0. The topological polar surface area (TPSA) is 26.0 Å². The molecule has 0 aromatic heterocycles.